The smallest absolute Gasteiger partial charge is 0.340 e. The molecule has 4 nitrogen and oxygen atoms in total. The van der Waals surface area contributed by atoms with Crippen molar-refractivity contribution in [2.24, 2.45) is 0 Å². The van der Waals surface area contributed by atoms with Gasteiger partial charge in [-0.05, 0) is 29.8 Å². The zero-order valence-corrected chi connectivity index (χ0v) is 12.8. The van der Waals surface area contributed by atoms with Crippen LogP contribution in [-0.2, 0) is 11.3 Å². The first-order chi connectivity index (χ1) is 10.0. The van der Waals surface area contributed by atoms with Crippen LogP contribution >= 0.6 is 23.2 Å². The number of carbonyl (C=O) groups excluding carboxylic acids is 1. The van der Waals surface area contributed by atoms with Gasteiger partial charge in [0.1, 0.15) is 0 Å². The van der Waals surface area contributed by atoms with Crippen LogP contribution in [0, 0.1) is 0 Å². The topological polar surface area (TPSA) is 64.3 Å². The highest BCUT2D eigenvalue weighted by molar-refractivity contribution is 6.34. The van der Waals surface area contributed by atoms with E-state index >= 15 is 0 Å². The number of nitrogen functional groups attached to an aromatic ring is 1. The number of nitrogens with two attached hydrogens (primary N) is 1. The van der Waals surface area contributed by atoms with E-state index in [1.54, 1.807) is 18.2 Å². The number of methoxy groups -OCH3 is 1. The minimum Gasteiger partial charge on any atom is -0.465 e. The van der Waals surface area contributed by atoms with Gasteiger partial charge in [0, 0.05) is 17.3 Å². The van der Waals surface area contributed by atoms with Crippen molar-refractivity contribution < 1.29 is 9.53 Å². The molecule has 0 heterocycles. The summed E-state index contributed by atoms with van der Waals surface area (Å²) in [5.74, 6) is -0.497. The largest absolute Gasteiger partial charge is 0.465 e. The molecule has 2 aromatic rings. The Balaban J connectivity index is 2.26. The minimum atomic E-state index is -0.497. The molecule has 0 amide bonds. The van der Waals surface area contributed by atoms with Crippen LogP contribution in [0.15, 0.2) is 36.4 Å². The van der Waals surface area contributed by atoms with Crippen LogP contribution in [0.25, 0.3) is 0 Å². The number of benzene rings is 2. The number of esters is 1. The van der Waals surface area contributed by atoms with E-state index in [9.17, 15) is 4.79 Å². The molecule has 0 fully saturated rings. The fourth-order valence-corrected chi connectivity index (χ4v) is 2.29. The molecule has 0 aliphatic heterocycles. The lowest BCUT2D eigenvalue weighted by Crippen LogP contribution is -2.09. The highest BCUT2D eigenvalue weighted by Crippen LogP contribution is 2.30. The Morgan fingerprint density at radius 3 is 2.52 bits per heavy atom. The summed E-state index contributed by atoms with van der Waals surface area (Å²) < 4.78 is 4.74. The Morgan fingerprint density at radius 1 is 1.24 bits per heavy atom. The highest BCUT2D eigenvalue weighted by atomic mass is 35.5. The van der Waals surface area contributed by atoms with Gasteiger partial charge in [-0.25, -0.2) is 4.79 Å². The van der Waals surface area contributed by atoms with Gasteiger partial charge in [-0.1, -0.05) is 35.3 Å². The quantitative estimate of drug-likeness (QED) is 0.659. The summed E-state index contributed by atoms with van der Waals surface area (Å²) in [5, 5.41) is 4.16. The van der Waals surface area contributed by atoms with E-state index in [2.05, 4.69) is 5.32 Å². The Labute approximate surface area is 132 Å². The molecule has 0 aromatic heterocycles. The van der Waals surface area contributed by atoms with Crippen molar-refractivity contribution in [2.75, 3.05) is 18.2 Å². The molecule has 2 rings (SSSR count). The number of halogens is 2. The first kappa shape index (κ1) is 15.5. The van der Waals surface area contributed by atoms with Crippen molar-refractivity contribution in [1.29, 1.82) is 0 Å². The van der Waals surface area contributed by atoms with E-state index in [0.717, 1.165) is 5.56 Å². The van der Waals surface area contributed by atoms with Crippen LogP contribution in [0.1, 0.15) is 15.9 Å². The molecular formula is C15H14Cl2N2O2. The van der Waals surface area contributed by atoms with Crippen LogP contribution in [0.3, 0.4) is 0 Å². The van der Waals surface area contributed by atoms with E-state index in [4.69, 9.17) is 33.7 Å². The zero-order valence-electron chi connectivity index (χ0n) is 11.3. The number of rotatable bonds is 4. The van der Waals surface area contributed by atoms with Gasteiger partial charge in [0.15, 0.2) is 0 Å². The maximum Gasteiger partial charge on any atom is 0.340 e. The Morgan fingerprint density at radius 2 is 1.90 bits per heavy atom. The van der Waals surface area contributed by atoms with Crippen molar-refractivity contribution in [3.63, 3.8) is 0 Å². The van der Waals surface area contributed by atoms with E-state index in [0.29, 0.717) is 33.5 Å². The molecule has 0 saturated heterocycles. The summed E-state index contributed by atoms with van der Waals surface area (Å²) in [6, 6.07) is 10.5. The Bertz CT molecular complexity index is 657. The van der Waals surface area contributed by atoms with Gasteiger partial charge >= 0.3 is 5.97 Å². The second kappa shape index (κ2) is 6.70. The van der Waals surface area contributed by atoms with Gasteiger partial charge < -0.3 is 15.8 Å². The van der Waals surface area contributed by atoms with Crippen LogP contribution in [0.5, 0.6) is 0 Å². The lowest BCUT2D eigenvalue weighted by Gasteiger charge is -2.13. The molecule has 0 aliphatic rings. The third-order valence-electron chi connectivity index (χ3n) is 2.90. The number of carbonyl (C=O) groups is 1. The predicted octanol–water partition coefficient (Wildman–Crippen LogP) is 3.97. The standard InChI is InChI=1S/C15H14Cl2N2O2/c1-21-15(20)12-6-11(18)7-13(17)14(12)19-8-9-2-4-10(16)5-3-9/h2-7,19H,8,18H2,1H3. The summed E-state index contributed by atoms with van der Waals surface area (Å²) in [6.45, 7) is 0.491. The van der Waals surface area contributed by atoms with Gasteiger partial charge in [0.2, 0.25) is 0 Å². The van der Waals surface area contributed by atoms with E-state index in [1.807, 2.05) is 12.1 Å². The van der Waals surface area contributed by atoms with Gasteiger partial charge in [-0.2, -0.15) is 0 Å². The minimum absolute atomic E-state index is 0.302. The number of hydrogen-bond acceptors (Lipinski definition) is 4. The molecule has 110 valence electrons. The zero-order chi connectivity index (χ0) is 15.4. The average Bonchev–Trinajstić information content (AvgIpc) is 2.46. The molecule has 0 atom stereocenters. The normalized spacial score (nSPS) is 10.2. The average molecular weight is 325 g/mol. The molecule has 6 heteroatoms. The van der Waals surface area contributed by atoms with E-state index in [-0.39, 0.29) is 0 Å². The van der Waals surface area contributed by atoms with E-state index < -0.39 is 5.97 Å². The number of nitrogens with one attached hydrogen (secondary N) is 1. The lowest BCUT2D eigenvalue weighted by atomic mass is 10.1. The number of hydrogen-bond donors (Lipinski definition) is 2. The third kappa shape index (κ3) is 3.80. The first-order valence-electron chi connectivity index (χ1n) is 6.17. The van der Waals surface area contributed by atoms with Gasteiger partial charge in [-0.3, -0.25) is 0 Å². The van der Waals surface area contributed by atoms with Crippen LogP contribution < -0.4 is 11.1 Å². The van der Waals surface area contributed by atoms with Crippen molar-refractivity contribution in [1.82, 2.24) is 0 Å². The molecule has 21 heavy (non-hydrogen) atoms. The molecular weight excluding hydrogens is 311 g/mol. The third-order valence-corrected chi connectivity index (χ3v) is 3.45. The van der Waals surface area contributed by atoms with Crippen LogP contribution in [0.4, 0.5) is 11.4 Å². The fraction of sp³-hybridized carbons (Fsp3) is 0.133. The molecule has 0 saturated carbocycles. The second-order valence-electron chi connectivity index (χ2n) is 4.40. The number of ether oxygens (including phenoxy) is 1. The summed E-state index contributed by atoms with van der Waals surface area (Å²) in [4.78, 5) is 11.8. The molecule has 2 aromatic carbocycles. The molecule has 0 unspecified atom stereocenters. The highest BCUT2D eigenvalue weighted by Gasteiger charge is 2.16. The number of anilines is 2. The summed E-state index contributed by atoms with van der Waals surface area (Å²) in [5.41, 5.74) is 7.91. The lowest BCUT2D eigenvalue weighted by molar-refractivity contribution is 0.0602. The van der Waals surface area contributed by atoms with Crippen molar-refractivity contribution in [2.45, 2.75) is 6.54 Å². The SMILES string of the molecule is COC(=O)c1cc(N)cc(Cl)c1NCc1ccc(Cl)cc1. The summed E-state index contributed by atoms with van der Waals surface area (Å²) in [6.07, 6.45) is 0. The summed E-state index contributed by atoms with van der Waals surface area (Å²) >= 11 is 12.0. The monoisotopic (exact) mass is 324 g/mol. The molecule has 3 N–H and O–H groups in total. The summed E-state index contributed by atoms with van der Waals surface area (Å²) in [7, 11) is 1.31. The maximum absolute atomic E-state index is 11.8. The van der Waals surface area contributed by atoms with Crippen molar-refractivity contribution in [3.8, 4) is 0 Å². The van der Waals surface area contributed by atoms with Gasteiger partial charge in [-0.15, -0.1) is 0 Å². The Kier molecular flexibility index (Phi) is 4.94. The molecule has 0 bridgehead atoms. The van der Waals surface area contributed by atoms with Gasteiger partial charge in [0.25, 0.3) is 0 Å². The maximum atomic E-state index is 11.8. The second-order valence-corrected chi connectivity index (χ2v) is 5.24. The van der Waals surface area contributed by atoms with Crippen LogP contribution in [0.2, 0.25) is 10.0 Å². The van der Waals surface area contributed by atoms with Gasteiger partial charge in [0.05, 0.1) is 23.4 Å². The van der Waals surface area contributed by atoms with E-state index in [1.165, 1.54) is 13.2 Å². The molecule has 0 radical (unpaired) electrons. The van der Waals surface area contributed by atoms with Crippen molar-refractivity contribution in [3.05, 3.63) is 57.6 Å². The van der Waals surface area contributed by atoms with Crippen molar-refractivity contribution >= 4 is 40.5 Å². The fourth-order valence-electron chi connectivity index (χ4n) is 1.87. The molecule has 0 spiro atoms. The molecule has 0 aliphatic carbocycles. The first-order valence-corrected chi connectivity index (χ1v) is 6.92. The van der Waals surface area contributed by atoms with Crippen LogP contribution in [-0.4, -0.2) is 13.1 Å². The Hall–Kier alpha value is -1.91. The predicted molar refractivity (Wildman–Crippen MR) is 86.0 cm³/mol.